The van der Waals surface area contributed by atoms with Crippen molar-refractivity contribution < 1.29 is 22.6 Å². The van der Waals surface area contributed by atoms with Gasteiger partial charge in [-0.3, -0.25) is 9.88 Å². The third-order valence-corrected chi connectivity index (χ3v) is 8.25. The lowest BCUT2D eigenvalue weighted by atomic mass is 9.87. The van der Waals surface area contributed by atoms with E-state index < -0.39 is 10.0 Å². The van der Waals surface area contributed by atoms with Crippen molar-refractivity contribution in [1.29, 1.82) is 0 Å². The fraction of sp³-hybridized carbons (Fsp3) is 0.500. The number of pyridine rings is 1. The molecule has 0 aliphatic carbocycles. The number of hydrogen-bond acceptors (Lipinski definition) is 7. The van der Waals surface area contributed by atoms with E-state index >= 15 is 0 Å². The maximum absolute atomic E-state index is 13.3. The average Bonchev–Trinajstić information content (AvgIpc) is 2.79. The maximum Gasteiger partial charge on any atom is 0.246 e. The van der Waals surface area contributed by atoms with Crippen LogP contribution in [0.5, 0.6) is 11.5 Å². The van der Waals surface area contributed by atoms with Gasteiger partial charge < -0.3 is 14.2 Å². The highest BCUT2D eigenvalue weighted by Crippen LogP contribution is 2.40. The zero-order valence-corrected chi connectivity index (χ0v) is 18.9. The standard InChI is InChI=1S/C22H29N3O5S/c1-28-18-4-5-19(29-2)21(14-18)31(26,27)24-12-8-17(9-13-24)25-15-20(30-3)22(25)16-6-10-23-11-7-16/h4-7,10-11,14,17,20,22H,8-9,12-13,15H2,1-3H3. The molecule has 1 aromatic carbocycles. The summed E-state index contributed by atoms with van der Waals surface area (Å²) in [6, 6.07) is 9.39. The molecule has 2 aromatic rings. The molecule has 0 N–H and O–H groups in total. The number of aromatic nitrogens is 1. The monoisotopic (exact) mass is 447 g/mol. The Labute approximate surface area is 183 Å². The molecule has 0 bridgehead atoms. The average molecular weight is 448 g/mol. The Morgan fingerprint density at radius 3 is 2.32 bits per heavy atom. The Hall–Kier alpha value is -2.20. The van der Waals surface area contributed by atoms with E-state index in [0.29, 0.717) is 30.6 Å². The van der Waals surface area contributed by atoms with Crippen LogP contribution < -0.4 is 9.47 Å². The second-order valence-electron chi connectivity index (χ2n) is 7.85. The van der Waals surface area contributed by atoms with Gasteiger partial charge in [0.05, 0.1) is 26.4 Å². The number of methoxy groups -OCH3 is 3. The summed E-state index contributed by atoms with van der Waals surface area (Å²) in [5.74, 6) is 0.812. The van der Waals surface area contributed by atoms with Crippen molar-refractivity contribution in [1.82, 2.24) is 14.2 Å². The Morgan fingerprint density at radius 2 is 1.71 bits per heavy atom. The molecule has 0 amide bonds. The van der Waals surface area contributed by atoms with Gasteiger partial charge in [-0.15, -0.1) is 0 Å². The van der Waals surface area contributed by atoms with Gasteiger partial charge in [-0.05, 0) is 42.7 Å². The normalized spacial score (nSPS) is 23.3. The quantitative estimate of drug-likeness (QED) is 0.644. The molecule has 0 radical (unpaired) electrons. The molecule has 9 heteroatoms. The summed E-state index contributed by atoms with van der Waals surface area (Å²) < 4.78 is 44.4. The van der Waals surface area contributed by atoms with Crippen LogP contribution in [0, 0.1) is 0 Å². The molecule has 8 nitrogen and oxygen atoms in total. The van der Waals surface area contributed by atoms with Crippen LogP contribution >= 0.6 is 0 Å². The second kappa shape index (κ2) is 9.12. The van der Waals surface area contributed by atoms with Crippen LogP contribution in [0.1, 0.15) is 24.4 Å². The first kappa shape index (κ1) is 22.0. The van der Waals surface area contributed by atoms with Crippen molar-refractivity contribution in [3.05, 3.63) is 48.3 Å². The molecule has 4 rings (SSSR count). The minimum atomic E-state index is -3.68. The molecule has 2 aliphatic heterocycles. The van der Waals surface area contributed by atoms with E-state index in [1.54, 1.807) is 35.9 Å². The molecule has 2 unspecified atom stereocenters. The Balaban J connectivity index is 1.48. The highest BCUT2D eigenvalue weighted by atomic mass is 32.2. The van der Waals surface area contributed by atoms with Gasteiger partial charge in [-0.2, -0.15) is 4.31 Å². The Kier molecular flexibility index (Phi) is 6.47. The predicted octanol–water partition coefficient (Wildman–Crippen LogP) is 2.32. The summed E-state index contributed by atoms with van der Waals surface area (Å²) in [5, 5.41) is 0. The largest absolute Gasteiger partial charge is 0.497 e. The zero-order valence-electron chi connectivity index (χ0n) is 18.1. The SMILES string of the molecule is COc1ccc(OC)c(S(=O)(=O)N2CCC(N3CC(OC)C3c3ccncc3)CC2)c1. The van der Waals surface area contributed by atoms with Crippen LogP contribution in [-0.2, 0) is 14.8 Å². The van der Waals surface area contributed by atoms with Gasteiger partial charge in [0.15, 0.2) is 0 Å². The van der Waals surface area contributed by atoms with E-state index in [2.05, 4.69) is 9.88 Å². The summed E-state index contributed by atoms with van der Waals surface area (Å²) in [6.45, 7) is 1.78. The number of sulfonamides is 1. The maximum atomic E-state index is 13.3. The number of nitrogens with zero attached hydrogens (tertiary/aromatic N) is 3. The molecule has 2 saturated heterocycles. The van der Waals surface area contributed by atoms with Crippen molar-refractivity contribution in [2.45, 2.75) is 35.9 Å². The summed E-state index contributed by atoms with van der Waals surface area (Å²) >= 11 is 0. The van der Waals surface area contributed by atoms with Crippen LogP contribution in [0.3, 0.4) is 0 Å². The van der Waals surface area contributed by atoms with Gasteiger partial charge in [0.25, 0.3) is 0 Å². The number of hydrogen-bond donors (Lipinski definition) is 0. The first-order valence-electron chi connectivity index (χ1n) is 10.4. The molecule has 0 spiro atoms. The summed E-state index contributed by atoms with van der Waals surface area (Å²) in [6.07, 6.45) is 5.28. The summed E-state index contributed by atoms with van der Waals surface area (Å²) in [7, 11) is 1.06. The molecular formula is C22H29N3O5S. The summed E-state index contributed by atoms with van der Waals surface area (Å²) in [5.41, 5.74) is 1.18. The van der Waals surface area contributed by atoms with E-state index in [1.807, 2.05) is 12.1 Å². The third-order valence-electron chi connectivity index (χ3n) is 6.33. The molecule has 168 valence electrons. The van der Waals surface area contributed by atoms with Crippen LogP contribution in [0.25, 0.3) is 0 Å². The Bertz CT molecular complexity index is 993. The molecule has 2 aliphatic rings. The van der Waals surface area contributed by atoms with Crippen molar-refractivity contribution in [2.24, 2.45) is 0 Å². The van der Waals surface area contributed by atoms with Gasteiger partial charge in [-0.25, -0.2) is 8.42 Å². The second-order valence-corrected chi connectivity index (χ2v) is 9.75. The smallest absolute Gasteiger partial charge is 0.246 e. The minimum absolute atomic E-state index is 0.144. The summed E-state index contributed by atoms with van der Waals surface area (Å²) in [4.78, 5) is 6.69. The number of benzene rings is 1. The lowest BCUT2D eigenvalue weighted by Gasteiger charge is -2.52. The minimum Gasteiger partial charge on any atom is -0.497 e. The van der Waals surface area contributed by atoms with Crippen LogP contribution in [0.15, 0.2) is 47.6 Å². The lowest BCUT2D eigenvalue weighted by molar-refractivity contribution is -0.114. The number of ether oxygens (including phenoxy) is 3. The number of likely N-dealkylation sites (tertiary alicyclic amines) is 1. The van der Waals surface area contributed by atoms with E-state index in [1.165, 1.54) is 25.8 Å². The third kappa shape index (κ3) is 4.15. The van der Waals surface area contributed by atoms with Gasteiger partial charge >= 0.3 is 0 Å². The van der Waals surface area contributed by atoms with Crippen LogP contribution in [-0.4, -0.2) is 75.7 Å². The zero-order chi connectivity index (χ0) is 22.0. The molecule has 2 atom stereocenters. The Morgan fingerprint density at radius 1 is 1.00 bits per heavy atom. The van der Waals surface area contributed by atoms with Gasteiger partial charge in [-0.1, -0.05) is 0 Å². The van der Waals surface area contributed by atoms with E-state index in [0.717, 1.165) is 19.4 Å². The van der Waals surface area contributed by atoms with Gasteiger partial charge in [0.1, 0.15) is 16.4 Å². The first-order chi connectivity index (χ1) is 15.0. The van der Waals surface area contributed by atoms with Crippen LogP contribution in [0.2, 0.25) is 0 Å². The van der Waals surface area contributed by atoms with Crippen molar-refractivity contribution in [2.75, 3.05) is 41.0 Å². The predicted molar refractivity (Wildman–Crippen MR) is 116 cm³/mol. The molecular weight excluding hydrogens is 418 g/mol. The fourth-order valence-electron chi connectivity index (χ4n) is 4.58. The van der Waals surface area contributed by atoms with Crippen LogP contribution in [0.4, 0.5) is 0 Å². The molecule has 1 aromatic heterocycles. The number of piperidine rings is 1. The van der Waals surface area contributed by atoms with E-state index in [-0.39, 0.29) is 17.0 Å². The first-order valence-corrected chi connectivity index (χ1v) is 11.8. The van der Waals surface area contributed by atoms with Gasteiger partial charge in [0, 0.05) is 51.2 Å². The molecule has 0 saturated carbocycles. The topological polar surface area (TPSA) is 81.2 Å². The lowest BCUT2D eigenvalue weighted by Crippen LogP contribution is -2.60. The highest BCUT2D eigenvalue weighted by Gasteiger charge is 2.45. The van der Waals surface area contributed by atoms with Gasteiger partial charge in [0.2, 0.25) is 10.0 Å². The molecule has 2 fully saturated rings. The van der Waals surface area contributed by atoms with E-state index in [4.69, 9.17) is 14.2 Å². The fourth-order valence-corrected chi connectivity index (χ4v) is 6.22. The molecule has 3 heterocycles. The van der Waals surface area contributed by atoms with Crippen molar-refractivity contribution in [3.63, 3.8) is 0 Å². The van der Waals surface area contributed by atoms with E-state index in [9.17, 15) is 8.42 Å². The van der Waals surface area contributed by atoms with Crippen molar-refractivity contribution in [3.8, 4) is 11.5 Å². The highest BCUT2D eigenvalue weighted by molar-refractivity contribution is 7.89. The van der Waals surface area contributed by atoms with Crippen molar-refractivity contribution >= 4 is 10.0 Å². The molecule has 31 heavy (non-hydrogen) atoms. The number of rotatable bonds is 7.